The van der Waals surface area contributed by atoms with E-state index in [0.29, 0.717) is 0 Å². The Balaban J connectivity index is 2.54. The number of hydrogen-bond acceptors (Lipinski definition) is 1. The van der Waals surface area contributed by atoms with Gasteiger partial charge in [0.1, 0.15) is 0 Å². The molecule has 0 saturated heterocycles. The minimum atomic E-state index is 0.143. The molecule has 0 spiro atoms. The third kappa shape index (κ3) is 2.23. The lowest BCUT2D eigenvalue weighted by Gasteiger charge is -2.16. The van der Waals surface area contributed by atoms with Gasteiger partial charge in [0.15, 0.2) is 5.78 Å². The lowest BCUT2D eigenvalue weighted by atomic mass is 9.89. The van der Waals surface area contributed by atoms with E-state index in [4.69, 9.17) is 6.42 Å². The molecule has 64 valence electrons. The van der Waals surface area contributed by atoms with Crippen LogP contribution in [0.2, 0.25) is 0 Å². The van der Waals surface area contributed by atoms with Crippen molar-refractivity contribution >= 4 is 5.78 Å². The summed E-state index contributed by atoms with van der Waals surface area (Å²) in [6.45, 7) is 2.21. The standard InChI is InChI=1S/C11H14O/c1-3-4-11(12)10-7-5-9(2)6-8-10/h1,7,9H,4-6,8H2,2H3. The van der Waals surface area contributed by atoms with Crippen molar-refractivity contribution in [2.45, 2.75) is 32.6 Å². The quantitative estimate of drug-likeness (QED) is 0.569. The Morgan fingerprint density at radius 3 is 3.08 bits per heavy atom. The summed E-state index contributed by atoms with van der Waals surface area (Å²) >= 11 is 0. The topological polar surface area (TPSA) is 17.1 Å². The second-order valence-corrected chi connectivity index (χ2v) is 3.41. The number of ketones is 1. The fourth-order valence-corrected chi connectivity index (χ4v) is 1.42. The zero-order chi connectivity index (χ0) is 8.97. The molecule has 0 aromatic heterocycles. The minimum Gasteiger partial charge on any atom is -0.293 e. The van der Waals surface area contributed by atoms with Crippen molar-refractivity contribution in [3.8, 4) is 12.3 Å². The van der Waals surface area contributed by atoms with Gasteiger partial charge in [-0.25, -0.2) is 0 Å². The summed E-state index contributed by atoms with van der Waals surface area (Å²) in [7, 11) is 0. The van der Waals surface area contributed by atoms with Crippen molar-refractivity contribution < 1.29 is 4.79 Å². The van der Waals surface area contributed by atoms with Gasteiger partial charge in [-0.2, -0.15) is 0 Å². The predicted molar refractivity (Wildman–Crippen MR) is 49.6 cm³/mol. The van der Waals surface area contributed by atoms with Crippen molar-refractivity contribution in [1.29, 1.82) is 0 Å². The SMILES string of the molecule is C#CCC(=O)C1=CCC(C)CC1. The van der Waals surface area contributed by atoms with E-state index >= 15 is 0 Å². The maximum absolute atomic E-state index is 11.3. The molecule has 1 aliphatic carbocycles. The summed E-state index contributed by atoms with van der Waals surface area (Å²) in [6.07, 6.45) is 10.5. The number of terminal acetylenes is 1. The first-order valence-corrected chi connectivity index (χ1v) is 4.39. The zero-order valence-corrected chi connectivity index (χ0v) is 7.47. The fraction of sp³-hybridized carbons (Fsp3) is 0.545. The normalized spacial score (nSPS) is 22.7. The summed E-state index contributed by atoms with van der Waals surface area (Å²) in [5.41, 5.74) is 0.950. The van der Waals surface area contributed by atoms with Gasteiger partial charge in [0, 0.05) is 0 Å². The maximum Gasteiger partial charge on any atom is 0.170 e. The smallest absolute Gasteiger partial charge is 0.170 e. The Bertz CT molecular complexity index is 242. The summed E-state index contributed by atoms with van der Waals surface area (Å²) in [6, 6.07) is 0. The first-order valence-electron chi connectivity index (χ1n) is 4.39. The van der Waals surface area contributed by atoms with Crippen LogP contribution >= 0.6 is 0 Å². The highest BCUT2D eigenvalue weighted by molar-refractivity contribution is 5.96. The summed E-state index contributed by atoms with van der Waals surface area (Å²) in [4.78, 5) is 11.3. The second kappa shape index (κ2) is 4.11. The van der Waals surface area contributed by atoms with Crippen LogP contribution in [0, 0.1) is 18.3 Å². The van der Waals surface area contributed by atoms with E-state index in [1.807, 2.05) is 6.08 Å². The summed E-state index contributed by atoms with van der Waals surface area (Å²) in [5.74, 6) is 3.26. The van der Waals surface area contributed by atoms with Crippen molar-refractivity contribution in [3.63, 3.8) is 0 Å². The van der Waals surface area contributed by atoms with Gasteiger partial charge in [0.25, 0.3) is 0 Å². The molecule has 0 aromatic rings. The fourth-order valence-electron chi connectivity index (χ4n) is 1.42. The number of hydrogen-bond donors (Lipinski definition) is 0. The molecule has 0 radical (unpaired) electrons. The van der Waals surface area contributed by atoms with Crippen LogP contribution in [0.15, 0.2) is 11.6 Å². The summed E-state index contributed by atoms with van der Waals surface area (Å²) < 4.78 is 0. The number of carbonyl (C=O) groups excluding carboxylic acids is 1. The van der Waals surface area contributed by atoms with E-state index in [1.54, 1.807) is 0 Å². The second-order valence-electron chi connectivity index (χ2n) is 3.41. The van der Waals surface area contributed by atoms with E-state index in [-0.39, 0.29) is 12.2 Å². The van der Waals surface area contributed by atoms with Crippen LogP contribution < -0.4 is 0 Å². The Morgan fingerprint density at radius 2 is 2.58 bits per heavy atom. The van der Waals surface area contributed by atoms with Crippen LogP contribution in [0.3, 0.4) is 0 Å². The monoisotopic (exact) mass is 162 g/mol. The molecule has 0 fully saturated rings. The van der Waals surface area contributed by atoms with E-state index in [0.717, 1.165) is 30.8 Å². The predicted octanol–water partition coefficient (Wildman–Crippen LogP) is 2.33. The van der Waals surface area contributed by atoms with Gasteiger partial charge in [-0.3, -0.25) is 4.79 Å². The van der Waals surface area contributed by atoms with E-state index in [9.17, 15) is 4.79 Å². The van der Waals surface area contributed by atoms with Crippen LogP contribution in [-0.4, -0.2) is 5.78 Å². The first kappa shape index (κ1) is 9.06. The van der Waals surface area contributed by atoms with Gasteiger partial charge in [0.2, 0.25) is 0 Å². The van der Waals surface area contributed by atoms with Crippen molar-refractivity contribution in [3.05, 3.63) is 11.6 Å². The molecule has 1 atom stereocenters. The van der Waals surface area contributed by atoms with Crippen LogP contribution in [0.4, 0.5) is 0 Å². The molecule has 1 rings (SSSR count). The maximum atomic E-state index is 11.3. The molecule has 1 unspecified atom stereocenters. The van der Waals surface area contributed by atoms with Gasteiger partial charge in [-0.05, 0) is 30.8 Å². The molecule has 0 aliphatic heterocycles. The van der Waals surface area contributed by atoms with E-state index < -0.39 is 0 Å². The zero-order valence-electron chi connectivity index (χ0n) is 7.47. The molecular weight excluding hydrogens is 148 g/mol. The highest BCUT2D eigenvalue weighted by atomic mass is 16.1. The van der Waals surface area contributed by atoms with Crippen LogP contribution in [0.1, 0.15) is 32.6 Å². The number of rotatable bonds is 2. The average molecular weight is 162 g/mol. The molecule has 0 saturated carbocycles. The average Bonchev–Trinajstić information content (AvgIpc) is 2.06. The van der Waals surface area contributed by atoms with Gasteiger partial charge >= 0.3 is 0 Å². The molecular formula is C11H14O. The third-order valence-corrected chi connectivity index (χ3v) is 2.29. The molecule has 0 aromatic carbocycles. The van der Waals surface area contributed by atoms with Gasteiger partial charge < -0.3 is 0 Å². The van der Waals surface area contributed by atoms with Gasteiger partial charge in [-0.15, -0.1) is 6.42 Å². The highest BCUT2D eigenvalue weighted by Crippen LogP contribution is 2.23. The first-order chi connectivity index (χ1) is 5.74. The third-order valence-electron chi connectivity index (χ3n) is 2.29. The minimum absolute atomic E-state index is 0.143. The molecule has 1 nitrogen and oxygen atoms in total. The van der Waals surface area contributed by atoms with Gasteiger partial charge in [-0.1, -0.05) is 18.9 Å². The highest BCUT2D eigenvalue weighted by Gasteiger charge is 2.14. The number of carbonyl (C=O) groups is 1. The molecule has 0 N–H and O–H groups in total. The summed E-state index contributed by atoms with van der Waals surface area (Å²) in [5, 5.41) is 0. The lowest BCUT2D eigenvalue weighted by Crippen LogP contribution is -2.08. The Morgan fingerprint density at radius 1 is 1.83 bits per heavy atom. The molecule has 1 aliphatic rings. The van der Waals surface area contributed by atoms with Gasteiger partial charge in [0.05, 0.1) is 6.42 Å². The Hall–Kier alpha value is -1.03. The largest absolute Gasteiger partial charge is 0.293 e. The molecule has 0 amide bonds. The molecule has 1 heteroatoms. The van der Waals surface area contributed by atoms with Crippen molar-refractivity contribution in [1.82, 2.24) is 0 Å². The van der Waals surface area contributed by atoms with Crippen LogP contribution in [0.5, 0.6) is 0 Å². The van der Waals surface area contributed by atoms with Crippen LogP contribution in [0.25, 0.3) is 0 Å². The number of allylic oxidation sites excluding steroid dienone is 2. The van der Waals surface area contributed by atoms with Crippen molar-refractivity contribution in [2.24, 2.45) is 5.92 Å². The Labute approximate surface area is 73.9 Å². The molecule has 12 heavy (non-hydrogen) atoms. The lowest BCUT2D eigenvalue weighted by molar-refractivity contribution is -0.114. The van der Waals surface area contributed by atoms with Crippen LogP contribution in [-0.2, 0) is 4.79 Å². The van der Waals surface area contributed by atoms with Crippen molar-refractivity contribution in [2.75, 3.05) is 0 Å². The molecule has 0 bridgehead atoms. The number of Topliss-reactive ketones (excluding diaryl/α,β-unsaturated/α-hetero) is 1. The Kier molecular flexibility index (Phi) is 3.10. The molecule has 0 heterocycles. The van der Waals surface area contributed by atoms with E-state index in [2.05, 4.69) is 12.8 Å². The van der Waals surface area contributed by atoms with E-state index in [1.165, 1.54) is 0 Å².